The SMILES string of the molecule is C=CCOc1ccc(CC(N)C(=O)N2Cc3ccccc3C2)c(Cl)c1. The molecule has 0 fully saturated rings. The number of ether oxygens (including phenoxy) is 1. The molecule has 2 N–H and O–H groups in total. The van der Waals surface area contributed by atoms with E-state index in [0.29, 0.717) is 36.9 Å². The highest BCUT2D eigenvalue weighted by Gasteiger charge is 2.27. The maximum atomic E-state index is 12.7. The average Bonchev–Trinajstić information content (AvgIpc) is 3.05. The summed E-state index contributed by atoms with van der Waals surface area (Å²) < 4.78 is 5.45. The van der Waals surface area contributed by atoms with Crippen LogP contribution in [0.1, 0.15) is 16.7 Å². The molecule has 0 saturated heterocycles. The molecule has 0 radical (unpaired) electrons. The van der Waals surface area contributed by atoms with Crippen molar-refractivity contribution in [2.24, 2.45) is 5.73 Å². The second kappa shape index (κ2) is 7.72. The molecular formula is C20H21ClN2O2. The number of fused-ring (bicyclic) bond motifs is 1. The zero-order valence-electron chi connectivity index (χ0n) is 14.0. The van der Waals surface area contributed by atoms with E-state index in [-0.39, 0.29) is 5.91 Å². The maximum Gasteiger partial charge on any atom is 0.240 e. The Morgan fingerprint density at radius 2 is 1.96 bits per heavy atom. The third-order valence-electron chi connectivity index (χ3n) is 4.30. The van der Waals surface area contributed by atoms with Gasteiger partial charge in [-0.15, -0.1) is 0 Å². The fourth-order valence-electron chi connectivity index (χ4n) is 2.99. The van der Waals surface area contributed by atoms with E-state index in [1.54, 1.807) is 17.0 Å². The number of carbonyl (C=O) groups excluding carboxylic acids is 1. The molecule has 0 aromatic heterocycles. The van der Waals surface area contributed by atoms with E-state index in [2.05, 4.69) is 6.58 Å². The minimum absolute atomic E-state index is 0.0562. The zero-order chi connectivity index (χ0) is 17.8. The van der Waals surface area contributed by atoms with Crippen molar-refractivity contribution >= 4 is 17.5 Å². The van der Waals surface area contributed by atoms with Crippen LogP contribution in [0.2, 0.25) is 5.02 Å². The molecule has 1 aliphatic heterocycles. The van der Waals surface area contributed by atoms with Crippen molar-refractivity contribution in [2.45, 2.75) is 25.6 Å². The Labute approximate surface area is 152 Å². The van der Waals surface area contributed by atoms with Crippen LogP contribution >= 0.6 is 11.6 Å². The van der Waals surface area contributed by atoms with Crippen LogP contribution in [0, 0.1) is 0 Å². The molecule has 1 unspecified atom stereocenters. The van der Waals surface area contributed by atoms with Crippen LogP contribution < -0.4 is 10.5 Å². The fourth-order valence-corrected chi connectivity index (χ4v) is 3.23. The lowest BCUT2D eigenvalue weighted by Gasteiger charge is -2.21. The molecule has 2 aromatic rings. The van der Waals surface area contributed by atoms with E-state index >= 15 is 0 Å². The summed E-state index contributed by atoms with van der Waals surface area (Å²) in [6, 6.07) is 12.9. The van der Waals surface area contributed by atoms with Crippen LogP contribution in [-0.2, 0) is 24.3 Å². The predicted molar refractivity (Wildman–Crippen MR) is 99.5 cm³/mol. The third-order valence-corrected chi connectivity index (χ3v) is 4.65. The first kappa shape index (κ1) is 17.5. The van der Waals surface area contributed by atoms with Gasteiger partial charge in [-0.25, -0.2) is 0 Å². The largest absolute Gasteiger partial charge is 0.490 e. The molecule has 25 heavy (non-hydrogen) atoms. The molecule has 1 amide bonds. The van der Waals surface area contributed by atoms with Gasteiger partial charge in [0.25, 0.3) is 0 Å². The smallest absolute Gasteiger partial charge is 0.240 e. The van der Waals surface area contributed by atoms with Gasteiger partial charge in [-0.2, -0.15) is 0 Å². The first-order chi connectivity index (χ1) is 12.1. The highest BCUT2D eigenvalue weighted by atomic mass is 35.5. The molecule has 3 rings (SSSR count). The topological polar surface area (TPSA) is 55.6 Å². The second-order valence-electron chi connectivity index (χ2n) is 6.13. The van der Waals surface area contributed by atoms with E-state index in [4.69, 9.17) is 22.1 Å². The number of benzene rings is 2. The van der Waals surface area contributed by atoms with Crippen LogP contribution in [0.4, 0.5) is 0 Å². The third kappa shape index (κ3) is 4.03. The number of hydrogen-bond donors (Lipinski definition) is 1. The van der Waals surface area contributed by atoms with Crippen molar-refractivity contribution in [3.05, 3.63) is 76.8 Å². The van der Waals surface area contributed by atoms with Gasteiger partial charge >= 0.3 is 0 Å². The van der Waals surface area contributed by atoms with Gasteiger partial charge in [-0.1, -0.05) is 54.6 Å². The van der Waals surface area contributed by atoms with E-state index in [1.165, 1.54) is 11.1 Å². The number of halogens is 1. The van der Waals surface area contributed by atoms with Gasteiger partial charge < -0.3 is 15.4 Å². The van der Waals surface area contributed by atoms with Crippen molar-refractivity contribution in [1.29, 1.82) is 0 Å². The Kier molecular flexibility index (Phi) is 5.41. The van der Waals surface area contributed by atoms with Gasteiger partial charge in [0.1, 0.15) is 12.4 Å². The van der Waals surface area contributed by atoms with Crippen LogP contribution in [0.25, 0.3) is 0 Å². The summed E-state index contributed by atoms with van der Waals surface area (Å²) in [5.41, 5.74) is 9.36. The molecule has 0 aliphatic carbocycles. The van der Waals surface area contributed by atoms with Gasteiger partial charge in [-0.05, 0) is 35.2 Å². The lowest BCUT2D eigenvalue weighted by Crippen LogP contribution is -2.42. The van der Waals surface area contributed by atoms with Crippen LogP contribution in [0.5, 0.6) is 5.75 Å². The van der Waals surface area contributed by atoms with Crippen molar-refractivity contribution in [3.8, 4) is 5.75 Å². The predicted octanol–water partition coefficient (Wildman–Crippen LogP) is 3.32. The molecule has 0 bridgehead atoms. The van der Waals surface area contributed by atoms with Crippen molar-refractivity contribution in [3.63, 3.8) is 0 Å². The molecule has 5 heteroatoms. The summed E-state index contributed by atoms with van der Waals surface area (Å²) in [4.78, 5) is 14.5. The molecule has 2 aromatic carbocycles. The Morgan fingerprint density at radius 3 is 2.56 bits per heavy atom. The molecular weight excluding hydrogens is 336 g/mol. The van der Waals surface area contributed by atoms with E-state index in [0.717, 1.165) is 5.56 Å². The molecule has 1 aliphatic rings. The number of nitrogens with two attached hydrogens (primary N) is 1. The minimum atomic E-state index is -0.619. The maximum absolute atomic E-state index is 12.7. The van der Waals surface area contributed by atoms with Crippen LogP contribution in [0.3, 0.4) is 0 Å². The molecule has 0 saturated carbocycles. The number of hydrogen-bond acceptors (Lipinski definition) is 3. The summed E-state index contributed by atoms with van der Waals surface area (Å²) >= 11 is 6.30. The lowest BCUT2D eigenvalue weighted by molar-refractivity contribution is -0.133. The Hall–Kier alpha value is -2.30. The van der Waals surface area contributed by atoms with Gasteiger partial charge in [-0.3, -0.25) is 4.79 Å². The number of carbonyl (C=O) groups is 1. The highest BCUT2D eigenvalue weighted by Crippen LogP contribution is 2.26. The number of nitrogens with zero attached hydrogens (tertiary/aromatic N) is 1. The minimum Gasteiger partial charge on any atom is -0.490 e. The van der Waals surface area contributed by atoms with E-state index in [1.807, 2.05) is 36.4 Å². The van der Waals surface area contributed by atoms with E-state index in [9.17, 15) is 4.79 Å². The molecule has 130 valence electrons. The summed E-state index contributed by atoms with van der Waals surface area (Å²) in [6.07, 6.45) is 2.07. The fraction of sp³-hybridized carbons (Fsp3) is 0.250. The number of rotatable bonds is 6. The van der Waals surface area contributed by atoms with Gasteiger partial charge in [0.05, 0.1) is 6.04 Å². The Bertz CT molecular complexity index is 766. The first-order valence-electron chi connectivity index (χ1n) is 8.21. The second-order valence-corrected chi connectivity index (χ2v) is 6.53. The molecule has 4 nitrogen and oxygen atoms in total. The van der Waals surface area contributed by atoms with Gasteiger partial charge in [0.15, 0.2) is 0 Å². The first-order valence-corrected chi connectivity index (χ1v) is 8.59. The average molecular weight is 357 g/mol. The Balaban J connectivity index is 1.63. The molecule has 0 spiro atoms. The monoisotopic (exact) mass is 356 g/mol. The van der Waals surface area contributed by atoms with E-state index < -0.39 is 6.04 Å². The quantitative estimate of drug-likeness (QED) is 0.808. The normalized spacial score (nSPS) is 14.1. The van der Waals surface area contributed by atoms with Crippen LogP contribution in [0.15, 0.2) is 55.1 Å². The van der Waals surface area contributed by atoms with Gasteiger partial charge in [0, 0.05) is 18.1 Å². The highest BCUT2D eigenvalue weighted by molar-refractivity contribution is 6.31. The van der Waals surface area contributed by atoms with Gasteiger partial charge in [0.2, 0.25) is 5.91 Å². The summed E-state index contributed by atoms with van der Waals surface area (Å²) in [5, 5.41) is 0.550. The summed E-state index contributed by atoms with van der Waals surface area (Å²) in [7, 11) is 0. The summed E-state index contributed by atoms with van der Waals surface area (Å²) in [5.74, 6) is 0.614. The standard InChI is InChI=1S/C20H21ClN2O2/c1-2-9-25-17-8-7-14(18(21)11-17)10-19(22)20(24)23-12-15-5-3-4-6-16(15)13-23/h2-8,11,19H,1,9-10,12-13,22H2. The number of amides is 1. The molecule has 1 heterocycles. The Morgan fingerprint density at radius 1 is 1.28 bits per heavy atom. The zero-order valence-corrected chi connectivity index (χ0v) is 14.7. The molecule has 1 atom stereocenters. The lowest BCUT2D eigenvalue weighted by atomic mass is 10.1. The van der Waals surface area contributed by atoms with Crippen LogP contribution in [-0.4, -0.2) is 23.5 Å². The van der Waals surface area contributed by atoms with Crippen molar-refractivity contribution < 1.29 is 9.53 Å². The summed E-state index contributed by atoms with van der Waals surface area (Å²) in [6.45, 7) is 5.26. The van der Waals surface area contributed by atoms with Crippen molar-refractivity contribution in [1.82, 2.24) is 4.90 Å². The van der Waals surface area contributed by atoms with Crippen molar-refractivity contribution in [2.75, 3.05) is 6.61 Å².